The van der Waals surface area contributed by atoms with Crippen molar-refractivity contribution in [1.82, 2.24) is 19.9 Å². The fourth-order valence-corrected chi connectivity index (χ4v) is 3.07. The Hall–Kier alpha value is -1.90. The highest BCUT2D eigenvalue weighted by molar-refractivity contribution is 5.59. The molecule has 23 heavy (non-hydrogen) atoms. The molecule has 0 spiro atoms. The molecule has 1 N–H and O–H groups in total. The number of fused-ring (bicyclic) bond motifs is 3. The molecule has 6 nitrogen and oxygen atoms in total. The van der Waals surface area contributed by atoms with E-state index in [1.165, 1.54) is 0 Å². The fourth-order valence-electron chi connectivity index (χ4n) is 3.07. The predicted octanol–water partition coefficient (Wildman–Crippen LogP) is 2.70. The highest BCUT2D eigenvalue weighted by Crippen LogP contribution is 2.48. The van der Waals surface area contributed by atoms with E-state index in [9.17, 15) is 18.3 Å². The van der Waals surface area contributed by atoms with Gasteiger partial charge in [0.1, 0.15) is 11.5 Å². The van der Waals surface area contributed by atoms with Crippen molar-refractivity contribution < 1.29 is 22.8 Å². The minimum Gasteiger partial charge on any atom is -0.375 e. The first-order valence-electron chi connectivity index (χ1n) is 7.44. The van der Waals surface area contributed by atoms with Gasteiger partial charge in [-0.2, -0.15) is 13.2 Å². The van der Waals surface area contributed by atoms with Gasteiger partial charge >= 0.3 is 6.18 Å². The van der Waals surface area contributed by atoms with Crippen molar-refractivity contribution in [3.05, 3.63) is 17.1 Å². The smallest absolute Gasteiger partial charge is 0.375 e. The van der Waals surface area contributed by atoms with Gasteiger partial charge in [0.2, 0.25) is 17.2 Å². The first kappa shape index (κ1) is 14.7. The van der Waals surface area contributed by atoms with Crippen LogP contribution in [0.25, 0.3) is 11.6 Å². The molecule has 9 heteroatoms. The predicted molar refractivity (Wildman–Crippen MR) is 71.5 cm³/mol. The third-order valence-electron chi connectivity index (χ3n) is 4.62. The molecule has 124 valence electrons. The van der Waals surface area contributed by atoms with Crippen molar-refractivity contribution in [3.8, 4) is 11.6 Å². The fraction of sp³-hybridized carbons (Fsp3) is 0.643. The summed E-state index contributed by atoms with van der Waals surface area (Å²) in [5, 5.41) is 21.7. The van der Waals surface area contributed by atoms with E-state index >= 15 is 0 Å². The quantitative estimate of drug-likeness (QED) is 0.917. The standard InChI is InChI=1S/C14H15F3N4O2/c1-6-5-21-11(7-3-4-7)18-19-12(21)9-8(6)10(20-23-9)13(2,22)14(15,16)17/h6-7,22H,3-5H2,1-2H3/t6-,13+/m0/s1. The average Bonchev–Trinajstić information content (AvgIpc) is 3.03. The van der Waals surface area contributed by atoms with Crippen LogP contribution in [0.2, 0.25) is 0 Å². The maximum absolute atomic E-state index is 13.1. The van der Waals surface area contributed by atoms with Crippen LogP contribution in [0.15, 0.2) is 4.52 Å². The van der Waals surface area contributed by atoms with Crippen LogP contribution in [0.5, 0.6) is 0 Å². The molecule has 2 atom stereocenters. The second-order valence-electron chi connectivity index (χ2n) is 6.51. The maximum atomic E-state index is 13.1. The summed E-state index contributed by atoms with van der Waals surface area (Å²) in [6, 6.07) is 0. The number of rotatable bonds is 2. The van der Waals surface area contributed by atoms with E-state index in [1.807, 2.05) is 4.57 Å². The van der Waals surface area contributed by atoms with Gasteiger partial charge in [-0.3, -0.25) is 0 Å². The molecular formula is C14H15F3N4O2. The Morgan fingerprint density at radius 3 is 2.57 bits per heavy atom. The molecule has 1 fully saturated rings. The molecule has 2 aliphatic rings. The second-order valence-corrected chi connectivity index (χ2v) is 6.51. The second kappa shape index (κ2) is 4.34. The molecule has 0 aromatic carbocycles. The lowest BCUT2D eigenvalue weighted by atomic mass is 9.88. The summed E-state index contributed by atoms with van der Waals surface area (Å²) in [6.07, 6.45) is -2.75. The van der Waals surface area contributed by atoms with Gasteiger partial charge in [-0.05, 0) is 19.8 Å². The van der Waals surface area contributed by atoms with Crippen molar-refractivity contribution in [2.75, 3.05) is 0 Å². The van der Waals surface area contributed by atoms with Gasteiger partial charge in [0.25, 0.3) is 0 Å². The lowest BCUT2D eigenvalue weighted by Crippen LogP contribution is -2.40. The van der Waals surface area contributed by atoms with Gasteiger partial charge in [0, 0.05) is 23.9 Å². The van der Waals surface area contributed by atoms with Gasteiger partial charge < -0.3 is 14.2 Å². The average molecular weight is 328 g/mol. The van der Waals surface area contributed by atoms with Crippen LogP contribution in [0, 0.1) is 0 Å². The van der Waals surface area contributed by atoms with Gasteiger partial charge in [-0.25, -0.2) is 0 Å². The molecule has 2 aromatic heterocycles. The highest BCUT2D eigenvalue weighted by atomic mass is 19.4. The summed E-state index contributed by atoms with van der Waals surface area (Å²) in [7, 11) is 0. The molecule has 0 saturated heterocycles. The molecule has 1 aliphatic carbocycles. The van der Waals surface area contributed by atoms with Crippen molar-refractivity contribution in [2.24, 2.45) is 0 Å². The van der Waals surface area contributed by atoms with Crippen LogP contribution < -0.4 is 0 Å². The first-order valence-corrected chi connectivity index (χ1v) is 7.44. The number of aliphatic hydroxyl groups is 1. The zero-order valence-corrected chi connectivity index (χ0v) is 12.6. The molecule has 4 rings (SSSR count). The Morgan fingerprint density at radius 1 is 1.26 bits per heavy atom. The third kappa shape index (κ3) is 1.95. The van der Waals surface area contributed by atoms with E-state index in [2.05, 4.69) is 15.4 Å². The van der Waals surface area contributed by atoms with Gasteiger partial charge in [0.15, 0.2) is 0 Å². The van der Waals surface area contributed by atoms with Crippen molar-refractivity contribution in [1.29, 1.82) is 0 Å². The van der Waals surface area contributed by atoms with E-state index in [-0.39, 0.29) is 17.2 Å². The normalized spacial score (nSPS) is 23.3. The molecular weight excluding hydrogens is 313 g/mol. The van der Waals surface area contributed by atoms with Crippen LogP contribution in [0.1, 0.15) is 55.6 Å². The highest BCUT2D eigenvalue weighted by Gasteiger charge is 2.55. The number of hydrogen-bond donors (Lipinski definition) is 1. The van der Waals surface area contributed by atoms with Crippen LogP contribution in [0.4, 0.5) is 13.2 Å². The summed E-state index contributed by atoms with van der Waals surface area (Å²) in [5.41, 5.74) is -3.30. The van der Waals surface area contributed by atoms with Gasteiger partial charge in [0.05, 0.1) is 0 Å². The summed E-state index contributed by atoms with van der Waals surface area (Å²) in [4.78, 5) is 0. The Bertz CT molecular complexity index is 774. The Morgan fingerprint density at radius 2 is 1.96 bits per heavy atom. The van der Waals surface area contributed by atoms with Crippen LogP contribution >= 0.6 is 0 Å². The zero-order valence-electron chi connectivity index (χ0n) is 12.6. The Labute approximate surface area is 129 Å². The summed E-state index contributed by atoms with van der Waals surface area (Å²) in [5.74, 6) is 1.48. The largest absolute Gasteiger partial charge is 0.422 e. The molecule has 0 radical (unpaired) electrons. The van der Waals surface area contributed by atoms with E-state index in [4.69, 9.17) is 4.52 Å². The van der Waals surface area contributed by atoms with E-state index in [0.29, 0.717) is 25.2 Å². The summed E-state index contributed by atoms with van der Waals surface area (Å²) in [6.45, 7) is 2.92. The molecule has 0 bridgehead atoms. The lowest BCUT2D eigenvalue weighted by molar-refractivity contribution is -0.261. The molecule has 0 unspecified atom stereocenters. The summed E-state index contributed by atoms with van der Waals surface area (Å²) >= 11 is 0. The Balaban J connectivity index is 1.86. The molecule has 2 aromatic rings. The monoisotopic (exact) mass is 328 g/mol. The number of halogens is 3. The molecule has 1 aliphatic heterocycles. The number of hydrogen-bond acceptors (Lipinski definition) is 5. The number of alkyl halides is 3. The number of aromatic nitrogens is 4. The van der Waals surface area contributed by atoms with Crippen molar-refractivity contribution >= 4 is 0 Å². The van der Waals surface area contributed by atoms with Gasteiger partial charge in [-0.1, -0.05) is 12.1 Å². The minimum absolute atomic E-state index is 0.169. The zero-order chi connectivity index (χ0) is 16.6. The molecule has 0 amide bonds. The van der Waals surface area contributed by atoms with Crippen LogP contribution in [0.3, 0.4) is 0 Å². The van der Waals surface area contributed by atoms with Crippen LogP contribution in [-0.2, 0) is 12.1 Å². The Kier molecular flexibility index (Phi) is 2.77. The van der Waals surface area contributed by atoms with E-state index in [1.54, 1.807) is 6.92 Å². The topological polar surface area (TPSA) is 77.0 Å². The van der Waals surface area contributed by atoms with E-state index in [0.717, 1.165) is 18.7 Å². The van der Waals surface area contributed by atoms with Crippen molar-refractivity contribution in [2.45, 2.75) is 56.8 Å². The maximum Gasteiger partial charge on any atom is 0.422 e. The van der Waals surface area contributed by atoms with Gasteiger partial charge in [-0.15, -0.1) is 10.2 Å². The number of nitrogens with zero attached hydrogens (tertiary/aromatic N) is 4. The SMILES string of the molecule is C[C@H]1Cn2c(nnc2C2CC2)-c2onc([C@@](C)(O)C(F)(F)F)c21. The minimum atomic E-state index is -4.85. The summed E-state index contributed by atoms with van der Waals surface area (Å²) < 4.78 is 46.5. The van der Waals surface area contributed by atoms with E-state index < -0.39 is 17.5 Å². The molecule has 1 saturated carbocycles. The first-order chi connectivity index (χ1) is 10.7. The van der Waals surface area contributed by atoms with Crippen molar-refractivity contribution in [3.63, 3.8) is 0 Å². The van der Waals surface area contributed by atoms with Crippen LogP contribution in [-0.4, -0.2) is 31.2 Å². The molecule has 3 heterocycles. The lowest BCUT2D eigenvalue weighted by Gasteiger charge is -2.27. The third-order valence-corrected chi connectivity index (χ3v) is 4.62.